The summed E-state index contributed by atoms with van der Waals surface area (Å²) >= 11 is 0. The van der Waals surface area contributed by atoms with Gasteiger partial charge in [-0.25, -0.2) is 0 Å². The molecule has 74 valence electrons. The van der Waals surface area contributed by atoms with Gasteiger partial charge in [-0.15, -0.1) is 0 Å². The minimum absolute atomic E-state index is 0.301. The van der Waals surface area contributed by atoms with E-state index in [9.17, 15) is 0 Å². The average molecular weight is 196 g/mol. The van der Waals surface area contributed by atoms with E-state index in [4.69, 9.17) is 5.26 Å². The van der Waals surface area contributed by atoms with Crippen LogP contribution < -0.4 is 5.32 Å². The third kappa shape index (κ3) is 2.37. The average Bonchev–Trinajstić information content (AvgIpc) is 2.29. The smallest absolute Gasteiger partial charge is 0.0966 e. The summed E-state index contributed by atoms with van der Waals surface area (Å²) < 4.78 is 0. The maximum Gasteiger partial charge on any atom is 0.0966 e. The zero-order valence-electron chi connectivity index (χ0n) is 8.51. The second-order valence-electron chi connectivity index (χ2n) is 3.55. The van der Waals surface area contributed by atoms with E-state index in [0.717, 1.165) is 25.1 Å². The standard InChI is InChI=1S/C13H12N2/c14-7-2-1-3-11-4-5-12-6-8-15-10-13(12)9-11/h4-5,9,15H,2,6,8,10H2. The lowest BCUT2D eigenvalue weighted by Crippen LogP contribution is -2.23. The maximum atomic E-state index is 8.37. The van der Waals surface area contributed by atoms with Gasteiger partial charge in [0.1, 0.15) is 0 Å². The van der Waals surface area contributed by atoms with Gasteiger partial charge in [-0.05, 0) is 36.2 Å². The highest BCUT2D eigenvalue weighted by Crippen LogP contribution is 2.15. The molecule has 0 unspecified atom stereocenters. The van der Waals surface area contributed by atoms with Gasteiger partial charge in [0.15, 0.2) is 0 Å². The lowest BCUT2D eigenvalue weighted by molar-refractivity contribution is 0.643. The van der Waals surface area contributed by atoms with Crippen LogP contribution in [0.4, 0.5) is 0 Å². The van der Waals surface area contributed by atoms with Crippen LogP contribution in [0.25, 0.3) is 0 Å². The second-order valence-corrected chi connectivity index (χ2v) is 3.55. The first-order valence-corrected chi connectivity index (χ1v) is 5.08. The molecule has 0 spiro atoms. The fourth-order valence-electron chi connectivity index (χ4n) is 1.74. The molecule has 0 amide bonds. The quantitative estimate of drug-likeness (QED) is 0.640. The number of benzene rings is 1. The van der Waals surface area contributed by atoms with Gasteiger partial charge < -0.3 is 5.32 Å². The predicted octanol–water partition coefficient (Wildman–Crippen LogP) is 1.60. The van der Waals surface area contributed by atoms with Gasteiger partial charge >= 0.3 is 0 Å². The van der Waals surface area contributed by atoms with E-state index in [0.29, 0.717) is 6.42 Å². The number of rotatable bonds is 0. The molecule has 0 saturated carbocycles. The fraction of sp³-hybridized carbons (Fsp3) is 0.308. The SMILES string of the molecule is N#CCC#Cc1ccc2c(c1)CNCC2. The van der Waals surface area contributed by atoms with E-state index >= 15 is 0 Å². The third-order valence-electron chi connectivity index (χ3n) is 2.49. The molecule has 2 rings (SSSR count). The fourth-order valence-corrected chi connectivity index (χ4v) is 1.74. The summed E-state index contributed by atoms with van der Waals surface area (Å²) in [5, 5.41) is 11.7. The van der Waals surface area contributed by atoms with Crippen LogP contribution in [0.1, 0.15) is 23.1 Å². The first-order chi connectivity index (χ1) is 7.40. The molecule has 0 atom stereocenters. The monoisotopic (exact) mass is 196 g/mol. The van der Waals surface area contributed by atoms with Crippen molar-refractivity contribution < 1.29 is 0 Å². The first-order valence-electron chi connectivity index (χ1n) is 5.08. The largest absolute Gasteiger partial charge is 0.312 e. The van der Waals surface area contributed by atoms with Crippen molar-refractivity contribution in [2.45, 2.75) is 19.4 Å². The van der Waals surface area contributed by atoms with Gasteiger partial charge in [0, 0.05) is 12.1 Å². The molecule has 0 fully saturated rings. The third-order valence-corrected chi connectivity index (χ3v) is 2.49. The Kier molecular flexibility index (Phi) is 3.02. The van der Waals surface area contributed by atoms with Crippen molar-refractivity contribution in [3.8, 4) is 17.9 Å². The molecule has 0 bridgehead atoms. The molecule has 15 heavy (non-hydrogen) atoms. The van der Waals surface area contributed by atoms with Crippen molar-refractivity contribution in [1.82, 2.24) is 5.32 Å². The molecule has 0 aliphatic carbocycles. The van der Waals surface area contributed by atoms with E-state index in [2.05, 4.69) is 29.3 Å². The molecule has 2 nitrogen and oxygen atoms in total. The van der Waals surface area contributed by atoms with Crippen molar-refractivity contribution in [3.05, 3.63) is 34.9 Å². The van der Waals surface area contributed by atoms with Crippen LogP contribution in [0.5, 0.6) is 0 Å². The van der Waals surface area contributed by atoms with Crippen LogP contribution in [0.2, 0.25) is 0 Å². The van der Waals surface area contributed by atoms with Gasteiger partial charge in [0.05, 0.1) is 12.5 Å². The van der Waals surface area contributed by atoms with Gasteiger partial charge in [-0.2, -0.15) is 5.26 Å². The zero-order chi connectivity index (χ0) is 10.5. The molecule has 1 aromatic carbocycles. The summed E-state index contributed by atoms with van der Waals surface area (Å²) in [7, 11) is 0. The first kappa shape index (κ1) is 9.77. The molecule has 0 radical (unpaired) electrons. The summed E-state index contributed by atoms with van der Waals surface area (Å²) in [5.74, 6) is 5.82. The molecule has 1 N–H and O–H groups in total. The molecular formula is C13H12N2. The summed E-state index contributed by atoms with van der Waals surface area (Å²) in [5.41, 5.74) is 3.76. The Labute approximate surface area is 89.9 Å². The van der Waals surface area contributed by atoms with Gasteiger partial charge in [-0.3, -0.25) is 0 Å². The molecular weight excluding hydrogens is 184 g/mol. The number of nitriles is 1. The maximum absolute atomic E-state index is 8.37. The van der Waals surface area contributed by atoms with Gasteiger partial charge in [-0.1, -0.05) is 17.9 Å². The lowest BCUT2D eigenvalue weighted by Gasteiger charge is -2.16. The van der Waals surface area contributed by atoms with Crippen LogP contribution in [0.15, 0.2) is 18.2 Å². The van der Waals surface area contributed by atoms with E-state index < -0.39 is 0 Å². The summed E-state index contributed by atoms with van der Waals surface area (Å²) in [6.07, 6.45) is 1.40. The molecule has 2 heteroatoms. The van der Waals surface area contributed by atoms with E-state index in [1.807, 2.05) is 12.1 Å². The Balaban J connectivity index is 2.22. The highest BCUT2D eigenvalue weighted by atomic mass is 14.9. The van der Waals surface area contributed by atoms with Gasteiger partial charge in [0.25, 0.3) is 0 Å². The predicted molar refractivity (Wildman–Crippen MR) is 59.0 cm³/mol. The van der Waals surface area contributed by atoms with Crippen molar-refractivity contribution >= 4 is 0 Å². The van der Waals surface area contributed by atoms with E-state index in [-0.39, 0.29) is 0 Å². The number of fused-ring (bicyclic) bond motifs is 1. The lowest BCUT2D eigenvalue weighted by atomic mass is 9.99. The summed E-state index contributed by atoms with van der Waals surface area (Å²) in [6, 6.07) is 8.31. The molecule has 1 aromatic rings. The Bertz CT molecular complexity index is 458. The van der Waals surface area contributed by atoms with Crippen molar-refractivity contribution in [1.29, 1.82) is 5.26 Å². The van der Waals surface area contributed by atoms with Crippen LogP contribution in [-0.4, -0.2) is 6.54 Å². The van der Waals surface area contributed by atoms with Gasteiger partial charge in [0.2, 0.25) is 0 Å². The normalized spacial score (nSPS) is 13.3. The Morgan fingerprint density at radius 3 is 3.13 bits per heavy atom. The highest BCUT2D eigenvalue weighted by molar-refractivity contribution is 5.42. The molecule has 0 aromatic heterocycles. The van der Waals surface area contributed by atoms with Crippen molar-refractivity contribution in [3.63, 3.8) is 0 Å². The Morgan fingerprint density at radius 1 is 1.33 bits per heavy atom. The number of nitrogens with zero attached hydrogens (tertiary/aromatic N) is 1. The van der Waals surface area contributed by atoms with Crippen LogP contribution in [0, 0.1) is 23.2 Å². The second kappa shape index (κ2) is 4.64. The molecule has 1 aliphatic rings. The van der Waals surface area contributed by atoms with Crippen LogP contribution in [-0.2, 0) is 13.0 Å². The minimum atomic E-state index is 0.301. The Hall–Kier alpha value is -1.77. The number of nitrogens with one attached hydrogen (secondary N) is 1. The van der Waals surface area contributed by atoms with Crippen LogP contribution >= 0.6 is 0 Å². The van der Waals surface area contributed by atoms with E-state index in [1.54, 1.807) is 0 Å². The van der Waals surface area contributed by atoms with Crippen molar-refractivity contribution in [2.24, 2.45) is 0 Å². The minimum Gasteiger partial charge on any atom is -0.312 e. The zero-order valence-corrected chi connectivity index (χ0v) is 8.51. The summed E-state index contributed by atoms with van der Waals surface area (Å²) in [6.45, 7) is 2.00. The molecule has 1 aliphatic heterocycles. The van der Waals surface area contributed by atoms with Crippen molar-refractivity contribution in [2.75, 3.05) is 6.54 Å². The van der Waals surface area contributed by atoms with Crippen LogP contribution in [0.3, 0.4) is 0 Å². The number of hydrogen-bond acceptors (Lipinski definition) is 2. The Morgan fingerprint density at radius 2 is 2.27 bits per heavy atom. The number of hydrogen-bond donors (Lipinski definition) is 1. The van der Waals surface area contributed by atoms with E-state index in [1.165, 1.54) is 11.1 Å². The highest BCUT2D eigenvalue weighted by Gasteiger charge is 2.07. The molecule has 1 heterocycles. The molecule has 0 saturated heterocycles. The summed E-state index contributed by atoms with van der Waals surface area (Å²) in [4.78, 5) is 0. The topological polar surface area (TPSA) is 35.8 Å².